The molecule has 0 unspecified atom stereocenters. The van der Waals surface area contributed by atoms with Crippen LogP contribution < -0.4 is 4.42 Å². The molecule has 4 heteroatoms. The predicted molar refractivity (Wildman–Crippen MR) is 65.5 cm³/mol. The van der Waals surface area contributed by atoms with Gasteiger partial charge in [-0.2, -0.15) is 0 Å². The van der Waals surface area contributed by atoms with Crippen LogP contribution in [0.5, 0.6) is 0 Å². The molecular formula is C13H9ClFNO. The second kappa shape index (κ2) is 4.97. The van der Waals surface area contributed by atoms with E-state index in [0.29, 0.717) is 11.3 Å². The first-order valence-corrected chi connectivity index (χ1v) is 5.33. The van der Waals surface area contributed by atoms with Crippen LogP contribution in [-0.4, -0.2) is 5.91 Å². The number of carbonyl (C=O) groups is 1. The Hall–Kier alpha value is -1.87. The molecule has 0 aliphatic heterocycles. The quantitative estimate of drug-likeness (QED) is 0.745. The predicted octanol–water partition coefficient (Wildman–Crippen LogP) is 3.63. The topological polar surface area (TPSA) is 20.3 Å². The highest BCUT2D eigenvalue weighted by molar-refractivity contribution is 6.39. The van der Waals surface area contributed by atoms with Crippen LogP contribution in [0, 0.1) is 5.82 Å². The summed E-state index contributed by atoms with van der Waals surface area (Å²) >= 11 is 5.90. The molecule has 0 aromatic heterocycles. The lowest BCUT2D eigenvalue weighted by atomic mass is 10.2. The van der Waals surface area contributed by atoms with Crippen LogP contribution in [0.15, 0.2) is 54.6 Å². The number of nitrogens with zero attached hydrogens (tertiary/aromatic N) is 1. The number of anilines is 1. The Bertz CT molecular complexity index is 513. The van der Waals surface area contributed by atoms with Gasteiger partial charge in [-0.3, -0.25) is 4.79 Å². The third kappa shape index (κ3) is 2.63. The summed E-state index contributed by atoms with van der Waals surface area (Å²) in [6.07, 6.45) is 0. The molecular weight excluding hydrogens is 241 g/mol. The Morgan fingerprint density at radius 2 is 1.59 bits per heavy atom. The van der Waals surface area contributed by atoms with Crippen LogP contribution in [0.2, 0.25) is 0 Å². The Morgan fingerprint density at radius 3 is 2.18 bits per heavy atom. The fourth-order valence-corrected chi connectivity index (χ4v) is 1.59. The molecule has 0 aliphatic carbocycles. The molecule has 86 valence electrons. The molecule has 2 rings (SSSR count). The summed E-state index contributed by atoms with van der Waals surface area (Å²) in [4.78, 5) is 11.9. The van der Waals surface area contributed by atoms with Crippen molar-refractivity contribution in [2.24, 2.45) is 0 Å². The maximum absolute atomic E-state index is 12.7. The maximum atomic E-state index is 12.7. The van der Waals surface area contributed by atoms with Gasteiger partial charge in [-0.15, -0.1) is 0 Å². The van der Waals surface area contributed by atoms with Crippen molar-refractivity contribution < 1.29 is 9.18 Å². The molecule has 0 saturated carbocycles. The third-order valence-corrected chi connectivity index (χ3v) is 2.60. The number of rotatable bonds is 2. The lowest BCUT2D eigenvalue weighted by Gasteiger charge is -2.13. The van der Waals surface area contributed by atoms with E-state index in [1.165, 1.54) is 24.3 Å². The first-order valence-electron chi connectivity index (χ1n) is 4.99. The van der Waals surface area contributed by atoms with Gasteiger partial charge in [0.2, 0.25) is 0 Å². The largest absolute Gasteiger partial charge is 0.272 e. The number of hydrogen-bond acceptors (Lipinski definition) is 1. The molecule has 2 nitrogen and oxygen atoms in total. The summed E-state index contributed by atoms with van der Waals surface area (Å²) in [5.74, 6) is -0.718. The van der Waals surface area contributed by atoms with E-state index in [1.807, 2.05) is 6.07 Å². The minimum atomic E-state index is -0.369. The SMILES string of the molecule is O=C(c1ccccc1)N(Cl)c1ccc(F)cc1. The van der Waals surface area contributed by atoms with E-state index in [-0.39, 0.29) is 11.7 Å². The van der Waals surface area contributed by atoms with Gasteiger partial charge in [0.15, 0.2) is 0 Å². The van der Waals surface area contributed by atoms with E-state index in [2.05, 4.69) is 0 Å². The first-order chi connectivity index (χ1) is 8.18. The number of amides is 1. The standard InChI is InChI=1S/C13H9ClFNO/c14-16(12-8-6-11(15)7-9-12)13(17)10-4-2-1-3-5-10/h1-9H. The fraction of sp³-hybridized carbons (Fsp3) is 0. The average molecular weight is 250 g/mol. The van der Waals surface area contributed by atoms with Gasteiger partial charge in [0, 0.05) is 17.3 Å². The monoisotopic (exact) mass is 249 g/mol. The molecule has 0 saturated heterocycles. The van der Waals surface area contributed by atoms with E-state index < -0.39 is 0 Å². The third-order valence-electron chi connectivity index (χ3n) is 2.25. The van der Waals surface area contributed by atoms with Crippen molar-refractivity contribution in [3.63, 3.8) is 0 Å². The average Bonchev–Trinajstić information content (AvgIpc) is 2.39. The number of benzene rings is 2. The van der Waals surface area contributed by atoms with Crippen molar-refractivity contribution in [2.45, 2.75) is 0 Å². The highest BCUT2D eigenvalue weighted by Gasteiger charge is 2.15. The summed E-state index contributed by atoms with van der Waals surface area (Å²) < 4.78 is 13.7. The zero-order valence-corrected chi connectivity index (χ0v) is 9.56. The van der Waals surface area contributed by atoms with Crippen molar-refractivity contribution in [1.82, 2.24) is 0 Å². The van der Waals surface area contributed by atoms with Gasteiger partial charge in [-0.1, -0.05) is 18.2 Å². The van der Waals surface area contributed by atoms with Gasteiger partial charge in [-0.25, -0.2) is 8.81 Å². The van der Waals surface area contributed by atoms with Gasteiger partial charge in [0.25, 0.3) is 5.91 Å². The normalized spacial score (nSPS) is 10.0. The summed E-state index contributed by atoms with van der Waals surface area (Å²) in [7, 11) is 0. The highest BCUT2D eigenvalue weighted by Crippen LogP contribution is 2.19. The lowest BCUT2D eigenvalue weighted by Crippen LogP contribution is -2.20. The summed E-state index contributed by atoms with van der Waals surface area (Å²) in [5, 5.41) is 0. The second-order valence-electron chi connectivity index (χ2n) is 3.43. The molecule has 0 N–H and O–H groups in total. The number of hydrogen-bond donors (Lipinski definition) is 0. The number of carbonyl (C=O) groups excluding carboxylic acids is 1. The fourth-order valence-electron chi connectivity index (χ4n) is 1.38. The molecule has 0 radical (unpaired) electrons. The zero-order chi connectivity index (χ0) is 12.3. The molecule has 2 aromatic carbocycles. The Morgan fingerprint density at radius 1 is 1.00 bits per heavy atom. The van der Waals surface area contributed by atoms with Crippen LogP contribution in [0.4, 0.5) is 10.1 Å². The van der Waals surface area contributed by atoms with E-state index in [4.69, 9.17) is 11.8 Å². The Balaban J connectivity index is 2.23. The van der Waals surface area contributed by atoms with E-state index >= 15 is 0 Å². The van der Waals surface area contributed by atoms with Crippen LogP contribution >= 0.6 is 11.8 Å². The van der Waals surface area contributed by atoms with Crippen LogP contribution in [0.25, 0.3) is 0 Å². The molecule has 0 fully saturated rings. The van der Waals surface area contributed by atoms with E-state index in [0.717, 1.165) is 4.42 Å². The smallest absolute Gasteiger partial charge is 0.267 e. The summed E-state index contributed by atoms with van der Waals surface area (Å²) in [5.41, 5.74) is 0.911. The van der Waals surface area contributed by atoms with Crippen LogP contribution in [0.3, 0.4) is 0 Å². The maximum Gasteiger partial charge on any atom is 0.272 e. The molecule has 0 spiro atoms. The molecule has 17 heavy (non-hydrogen) atoms. The van der Waals surface area contributed by atoms with Gasteiger partial charge >= 0.3 is 0 Å². The first kappa shape index (κ1) is 11.6. The minimum absolute atomic E-state index is 0.348. The van der Waals surface area contributed by atoms with Crippen LogP contribution in [0.1, 0.15) is 10.4 Å². The van der Waals surface area contributed by atoms with Crippen molar-refractivity contribution >= 4 is 23.4 Å². The Kier molecular flexibility index (Phi) is 3.40. The molecule has 0 heterocycles. The molecule has 0 atom stereocenters. The molecule has 0 bridgehead atoms. The van der Waals surface area contributed by atoms with Gasteiger partial charge in [0.05, 0.1) is 5.69 Å². The zero-order valence-electron chi connectivity index (χ0n) is 8.81. The van der Waals surface area contributed by atoms with Crippen molar-refractivity contribution in [1.29, 1.82) is 0 Å². The summed E-state index contributed by atoms with van der Waals surface area (Å²) in [6.45, 7) is 0. The lowest BCUT2D eigenvalue weighted by molar-refractivity contribution is 0.101. The second-order valence-corrected chi connectivity index (χ2v) is 3.77. The molecule has 0 aliphatic rings. The van der Waals surface area contributed by atoms with Gasteiger partial charge in [0.1, 0.15) is 5.82 Å². The van der Waals surface area contributed by atoms with Crippen LogP contribution in [-0.2, 0) is 0 Å². The summed E-state index contributed by atoms with van der Waals surface area (Å²) in [6, 6.07) is 14.1. The highest BCUT2D eigenvalue weighted by atomic mass is 35.5. The number of halogens is 2. The van der Waals surface area contributed by atoms with E-state index in [1.54, 1.807) is 24.3 Å². The van der Waals surface area contributed by atoms with Crippen molar-refractivity contribution in [3.8, 4) is 0 Å². The minimum Gasteiger partial charge on any atom is -0.267 e. The van der Waals surface area contributed by atoms with Crippen molar-refractivity contribution in [2.75, 3.05) is 4.42 Å². The van der Waals surface area contributed by atoms with Gasteiger partial charge in [-0.05, 0) is 36.4 Å². The van der Waals surface area contributed by atoms with E-state index in [9.17, 15) is 9.18 Å². The Labute approximate surface area is 103 Å². The molecule has 2 aromatic rings. The van der Waals surface area contributed by atoms with Gasteiger partial charge < -0.3 is 0 Å². The molecule has 1 amide bonds. The van der Waals surface area contributed by atoms with Crippen molar-refractivity contribution in [3.05, 3.63) is 66.0 Å².